The van der Waals surface area contributed by atoms with Crippen LogP contribution in [-0.2, 0) is 6.42 Å². The quantitative estimate of drug-likeness (QED) is 0.639. The Bertz CT molecular complexity index is 547. The van der Waals surface area contributed by atoms with E-state index >= 15 is 0 Å². The van der Waals surface area contributed by atoms with Gasteiger partial charge in [-0.2, -0.15) is 0 Å². The average Bonchev–Trinajstić information content (AvgIpc) is 2.38. The van der Waals surface area contributed by atoms with Crippen LogP contribution in [0.2, 0.25) is 0 Å². The van der Waals surface area contributed by atoms with E-state index in [0.29, 0.717) is 24.1 Å². The van der Waals surface area contributed by atoms with Gasteiger partial charge in [0.05, 0.1) is 0 Å². The van der Waals surface area contributed by atoms with Gasteiger partial charge in [0.15, 0.2) is 5.78 Å². The maximum absolute atomic E-state index is 12.0. The van der Waals surface area contributed by atoms with Crippen molar-refractivity contribution in [2.75, 3.05) is 5.73 Å². The normalized spacial score (nSPS) is 10.2. The van der Waals surface area contributed by atoms with Crippen molar-refractivity contribution in [3.05, 3.63) is 59.7 Å². The molecule has 18 heavy (non-hydrogen) atoms. The number of benzene rings is 2. The van der Waals surface area contributed by atoms with Gasteiger partial charge in [-0.3, -0.25) is 4.79 Å². The molecule has 0 amide bonds. The number of nitrogens with two attached hydrogens (primary N) is 1. The number of carbonyl (C=O) groups excluding carboxylic acids is 1. The molecule has 0 bridgehead atoms. The number of ketones is 1. The van der Waals surface area contributed by atoms with Gasteiger partial charge < -0.3 is 10.8 Å². The molecule has 2 rings (SSSR count). The predicted molar refractivity (Wildman–Crippen MR) is 71.6 cm³/mol. The van der Waals surface area contributed by atoms with Crippen LogP contribution in [0.4, 0.5) is 5.69 Å². The van der Waals surface area contributed by atoms with Crippen LogP contribution in [0.25, 0.3) is 0 Å². The van der Waals surface area contributed by atoms with Crippen LogP contribution in [0.1, 0.15) is 22.3 Å². The molecule has 0 aliphatic carbocycles. The second kappa shape index (κ2) is 5.36. The number of carbonyl (C=O) groups is 1. The molecular formula is C15H15NO2. The SMILES string of the molecule is Nc1ccccc1C(=O)CCc1ccc(O)cc1. The van der Waals surface area contributed by atoms with Gasteiger partial charge in [0.2, 0.25) is 0 Å². The Kier molecular flexibility index (Phi) is 3.63. The maximum atomic E-state index is 12.0. The Morgan fingerprint density at radius 3 is 2.39 bits per heavy atom. The summed E-state index contributed by atoms with van der Waals surface area (Å²) in [6.07, 6.45) is 1.06. The fraction of sp³-hybridized carbons (Fsp3) is 0.133. The van der Waals surface area contributed by atoms with E-state index in [-0.39, 0.29) is 11.5 Å². The first-order valence-electron chi connectivity index (χ1n) is 5.82. The highest BCUT2D eigenvalue weighted by Gasteiger charge is 2.08. The zero-order valence-electron chi connectivity index (χ0n) is 9.97. The third kappa shape index (κ3) is 2.88. The van der Waals surface area contributed by atoms with Crippen molar-refractivity contribution >= 4 is 11.5 Å². The topological polar surface area (TPSA) is 63.3 Å². The van der Waals surface area contributed by atoms with E-state index in [4.69, 9.17) is 10.8 Å². The van der Waals surface area contributed by atoms with E-state index in [1.807, 2.05) is 24.3 Å². The van der Waals surface area contributed by atoms with Crippen molar-refractivity contribution in [2.24, 2.45) is 0 Å². The Balaban J connectivity index is 2.01. The summed E-state index contributed by atoms with van der Waals surface area (Å²) in [4.78, 5) is 12.0. The van der Waals surface area contributed by atoms with E-state index in [9.17, 15) is 4.79 Å². The largest absolute Gasteiger partial charge is 0.508 e. The van der Waals surface area contributed by atoms with Gasteiger partial charge in [-0.15, -0.1) is 0 Å². The number of hydrogen-bond acceptors (Lipinski definition) is 3. The van der Waals surface area contributed by atoms with Crippen molar-refractivity contribution in [1.29, 1.82) is 0 Å². The zero-order valence-corrected chi connectivity index (χ0v) is 9.97. The van der Waals surface area contributed by atoms with Gasteiger partial charge in [-0.25, -0.2) is 0 Å². The van der Waals surface area contributed by atoms with E-state index < -0.39 is 0 Å². The van der Waals surface area contributed by atoms with Crippen LogP contribution in [0, 0.1) is 0 Å². The molecule has 0 spiro atoms. The molecule has 2 aromatic rings. The lowest BCUT2D eigenvalue weighted by Crippen LogP contribution is -2.04. The van der Waals surface area contributed by atoms with E-state index in [0.717, 1.165) is 5.56 Å². The predicted octanol–water partition coefficient (Wildman–Crippen LogP) is 2.79. The van der Waals surface area contributed by atoms with Gasteiger partial charge >= 0.3 is 0 Å². The zero-order chi connectivity index (χ0) is 13.0. The minimum atomic E-state index is 0.0428. The van der Waals surface area contributed by atoms with Crippen LogP contribution in [0.5, 0.6) is 5.75 Å². The number of para-hydroxylation sites is 1. The van der Waals surface area contributed by atoms with Crippen LogP contribution < -0.4 is 5.73 Å². The minimum Gasteiger partial charge on any atom is -0.508 e. The summed E-state index contributed by atoms with van der Waals surface area (Å²) >= 11 is 0. The van der Waals surface area contributed by atoms with Gasteiger partial charge in [0.1, 0.15) is 5.75 Å². The molecule has 3 N–H and O–H groups in total. The number of phenolic OH excluding ortho intramolecular Hbond substituents is 1. The Morgan fingerprint density at radius 2 is 1.72 bits per heavy atom. The van der Waals surface area contributed by atoms with Gasteiger partial charge in [-0.05, 0) is 36.2 Å². The summed E-state index contributed by atoms with van der Waals surface area (Å²) < 4.78 is 0. The van der Waals surface area contributed by atoms with Crippen molar-refractivity contribution < 1.29 is 9.90 Å². The first-order chi connectivity index (χ1) is 8.66. The molecule has 0 aliphatic heterocycles. The molecule has 0 aliphatic rings. The molecule has 0 aromatic heterocycles. The van der Waals surface area contributed by atoms with Crippen LogP contribution >= 0.6 is 0 Å². The third-order valence-electron chi connectivity index (χ3n) is 2.84. The summed E-state index contributed by atoms with van der Waals surface area (Å²) in [7, 11) is 0. The fourth-order valence-corrected chi connectivity index (χ4v) is 1.81. The number of aromatic hydroxyl groups is 1. The maximum Gasteiger partial charge on any atom is 0.165 e. The second-order valence-corrected chi connectivity index (χ2v) is 4.18. The van der Waals surface area contributed by atoms with Crippen LogP contribution in [-0.4, -0.2) is 10.9 Å². The molecule has 0 atom stereocenters. The molecule has 0 heterocycles. The number of rotatable bonds is 4. The number of aryl methyl sites for hydroxylation is 1. The molecular weight excluding hydrogens is 226 g/mol. The van der Waals surface area contributed by atoms with E-state index in [2.05, 4.69) is 0 Å². The van der Waals surface area contributed by atoms with Crippen LogP contribution in [0.3, 0.4) is 0 Å². The Hall–Kier alpha value is -2.29. The Labute approximate surface area is 106 Å². The molecule has 2 aromatic carbocycles. The van der Waals surface area contributed by atoms with Crippen molar-refractivity contribution in [1.82, 2.24) is 0 Å². The molecule has 3 heteroatoms. The lowest BCUT2D eigenvalue weighted by atomic mass is 10.0. The monoisotopic (exact) mass is 241 g/mol. The van der Waals surface area contributed by atoms with Gasteiger partial charge in [0, 0.05) is 17.7 Å². The molecule has 0 saturated heterocycles. The second-order valence-electron chi connectivity index (χ2n) is 4.18. The van der Waals surface area contributed by atoms with Gasteiger partial charge in [-0.1, -0.05) is 24.3 Å². The molecule has 0 radical (unpaired) electrons. The van der Waals surface area contributed by atoms with Gasteiger partial charge in [0.25, 0.3) is 0 Å². The molecule has 92 valence electrons. The summed E-state index contributed by atoms with van der Waals surface area (Å²) in [5.41, 5.74) is 7.88. The molecule has 0 fully saturated rings. The van der Waals surface area contributed by atoms with Crippen molar-refractivity contribution in [3.63, 3.8) is 0 Å². The number of nitrogen functional groups attached to an aromatic ring is 1. The number of Topliss-reactive ketones (excluding diaryl/α,β-unsaturated/α-hetero) is 1. The van der Waals surface area contributed by atoms with Crippen molar-refractivity contribution in [2.45, 2.75) is 12.8 Å². The van der Waals surface area contributed by atoms with Crippen LogP contribution in [0.15, 0.2) is 48.5 Å². The summed E-state index contributed by atoms with van der Waals surface area (Å²) in [6, 6.07) is 14.0. The summed E-state index contributed by atoms with van der Waals surface area (Å²) in [5, 5.41) is 9.17. The van der Waals surface area contributed by atoms with E-state index in [1.54, 1.807) is 24.3 Å². The molecule has 3 nitrogen and oxygen atoms in total. The minimum absolute atomic E-state index is 0.0428. The highest BCUT2D eigenvalue weighted by molar-refractivity contribution is 6.00. The molecule has 0 saturated carbocycles. The lowest BCUT2D eigenvalue weighted by Gasteiger charge is -2.04. The smallest absolute Gasteiger partial charge is 0.165 e. The molecule has 0 unspecified atom stereocenters. The fourth-order valence-electron chi connectivity index (χ4n) is 1.81. The first-order valence-corrected chi connectivity index (χ1v) is 5.82. The van der Waals surface area contributed by atoms with Crippen molar-refractivity contribution in [3.8, 4) is 5.75 Å². The third-order valence-corrected chi connectivity index (χ3v) is 2.84. The highest BCUT2D eigenvalue weighted by atomic mass is 16.3. The highest BCUT2D eigenvalue weighted by Crippen LogP contribution is 2.16. The lowest BCUT2D eigenvalue weighted by molar-refractivity contribution is 0.0983. The Morgan fingerprint density at radius 1 is 1.06 bits per heavy atom. The number of hydrogen-bond donors (Lipinski definition) is 2. The average molecular weight is 241 g/mol. The summed E-state index contributed by atoms with van der Waals surface area (Å²) in [5.74, 6) is 0.276. The van der Waals surface area contributed by atoms with E-state index in [1.165, 1.54) is 0 Å². The summed E-state index contributed by atoms with van der Waals surface area (Å²) in [6.45, 7) is 0. The first kappa shape index (κ1) is 12.2. The number of anilines is 1. The number of phenols is 1. The standard InChI is InChI=1S/C15H15NO2/c16-14-4-2-1-3-13(14)15(18)10-7-11-5-8-12(17)9-6-11/h1-6,8-9,17H,7,10,16H2.